The molecule has 0 aromatic carbocycles. The van der Waals surface area contributed by atoms with Crippen LogP contribution in [-0.2, 0) is 6.42 Å². The highest BCUT2D eigenvalue weighted by Crippen LogP contribution is 2.36. The Hall–Kier alpha value is -1.91. The Morgan fingerprint density at radius 2 is 2.05 bits per heavy atom. The van der Waals surface area contributed by atoms with Crippen molar-refractivity contribution >= 4 is 22.7 Å². The zero-order valence-corrected chi connectivity index (χ0v) is 12.5. The molecule has 0 spiro atoms. The number of hydrogen-bond donors (Lipinski definition) is 1. The summed E-state index contributed by atoms with van der Waals surface area (Å²) in [5.74, 6) is 1.39. The lowest BCUT2D eigenvalue weighted by Crippen LogP contribution is -2.35. The monoisotopic (exact) mass is 283 g/mol. The van der Waals surface area contributed by atoms with E-state index in [4.69, 9.17) is 10.7 Å². The van der Waals surface area contributed by atoms with Crippen molar-refractivity contribution in [3.63, 3.8) is 0 Å². The topological polar surface area (TPSA) is 67.9 Å². The first-order valence-corrected chi connectivity index (χ1v) is 7.93. The van der Waals surface area contributed by atoms with Crippen molar-refractivity contribution in [1.29, 1.82) is 0 Å². The molecule has 5 nitrogen and oxygen atoms in total. The van der Waals surface area contributed by atoms with Gasteiger partial charge in [0.2, 0.25) is 5.95 Å². The van der Waals surface area contributed by atoms with Gasteiger partial charge in [-0.1, -0.05) is 12.8 Å². The van der Waals surface area contributed by atoms with Crippen LogP contribution in [0.5, 0.6) is 0 Å². The normalized spacial score (nSPS) is 21.8. The van der Waals surface area contributed by atoms with Crippen LogP contribution in [-0.4, -0.2) is 27.5 Å². The minimum absolute atomic E-state index is 0.374. The molecule has 2 aromatic rings. The molecule has 5 heteroatoms. The molecule has 0 amide bonds. The highest BCUT2D eigenvalue weighted by molar-refractivity contribution is 5.93. The maximum atomic E-state index is 5.97. The Kier molecular flexibility index (Phi) is 2.94. The zero-order chi connectivity index (χ0) is 14.4. The van der Waals surface area contributed by atoms with Crippen LogP contribution in [0.2, 0.25) is 0 Å². The maximum absolute atomic E-state index is 5.97. The van der Waals surface area contributed by atoms with E-state index in [9.17, 15) is 0 Å². The van der Waals surface area contributed by atoms with Gasteiger partial charge in [0.1, 0.15) is 5.82 Å². The Bertz CT molecular complexity index is 691. The number of aryl methyl sites for hydroxylation is 2. The molecule has 2 N–H and O–H groups in total. The lowest BCUT2D eigenvalue weighted by molar-refractivity contribution is 0.535. The highest BCUT2D eigenvalue weighted by atomic mass is 15.2. The number of nitrogens with two attached hydrogens (primary N) is 1. The van der Waals surface area contributed by atoms with Crippen LogP contribution in [0.25, 0.3) is 10.9 Å². The second-order valence-electron chi connectivity index (χ2n) is 6.25. The number of aromatic nitrogens is 3. The van der Waals surface area contributed by atoms with Gasteiger partial charge in [0.15, 0.2) is 0 Å². The number of pyridine rings is 1. The fourth-order valence-corrected chi connectivity index (χ4v) is 3.81. The third-order valence-electron chi connectivity index (χ3n) is 4.74. The largest absolute Gasteiger partial charge is 0.368 e. The number of nitrogens with zero attached hydrogens (tertiary/aromatic N) is 4. The van der Waals surface area contributed by atoms with Crippen molar-refractivity contribution < 1.29 is 0 Å². The number of anilines is 2. The standard InChI is InChI=1S/C16H21N5/c1-10-9-13-14-12(18-10)7-6-11-5-3-2-4-8-21(11)15(14)20-16(17)19-13/h9,11H,2-8H2,1H3,(H2,17,19,20). The van der Waals surface area contributed by atoms with Crippen LogP contribution >= 0.6 is 0 Å². The van der Waals surface area contributed by atoms with Crippen LogP contribution < -0.4 is 10.6 Å². The summed E-state index contributed by atoms with van der Waals surface area (Å²) < 4.78 is 0. The van der Waals surface area contributed by atoms with Crippen molar-refractivity contribution in [3.8, 4) is 0 Å². The van der Waals surface area contributed by atoms with Gasteiger partial charge in [-0.25, -0.2) is 4.98 Å². The predicted molar refractivity (Wildman–Crippen MR) is 84.4 cm³/mol. The first-order valence-electron chi connectivity index (χ1n) is 7.93. The van der Waals surface area contributed by atoms with Gasteiger partial charge in [0.25, 0.3) is 0 Å². The van der Waals surface area contributed by atoms with Crippen molar-refractivity contribution in [2.75, 3.05) is 17.2 Å². The van der Waals surface area contributed by atoms with E-state index in [1.54, 1.807) is 0 Å². The molecule has 0 bridgehead atoms. The highest BCUT2D eigenvalue weighted by Gasteiger charge is 2.29. The summed E-state index contributed by atoms with van der Waals surface area (Å²) in [6.07, 6.45) is 7.28. The van der Waals surface area contributed by atoms with Crippen molar-refractivity contribution in [1.82, 2.24) is 15.0 Å². The van der Waals surface area contributed by atoms with Gasteiger partial charge < -0.3 is 10.6 Å². The molecule has 1 saturated heterocycles. The Morgan fingerprint density at radius 3 is 2.95 bits per heavy atom. The third-order valence-corrected chi connectivity index (χ3v) is 4.74. The second kappa shape index (κ2) is 4.83. The molecule has 1 unspecified atom stereocenters. The Labute approximate surface area is 124 Å². The smallest absolute Gasteiger partial charge is 0.222 e. The van der Waals surface area contributed by atoms with Crippen molar-refractivity contribution in [2.24, 2.45) is 0 Å². The van der Waals surface area contributed by atoms with Gasteiger partial charge >= 0.3 is 0 Å². The molecule has 1 fully saturated rings. The van der Waals surface area contributed by atoms with Gasteiger partial charge in [0.05, 0.1) is 16.6 Å². The molecule has 2 aromatic heterocycles. The van der Waals surface area contributed by atoms with E-state index < -0.39 is 0 Å². The molecule has 21 heavy (non-hydrogen) atoms. The van der Waals surface area contributed by atoms with Crippen molar-refractivity contribution in [3.05, 3.63) is 17.5 Å². The summed E-state index contributed by atoms with van der Waals surface area (Å²) in [7, 11) is 0. The Morgan fingerprint density at radius 1 is 1.14 bits per heavy atom. The van der Waals surface area contributed by atoms with E-state index in [-0.39, 0.29) is 0 Å². The van der Waals surface area contributed by atoms with E-state index >= 15 is 0 Å². The fraction of sp³-hybridized carbons (Fsp3) is 0.562. The first kappa shape index (κ1) is 12.8. The van der Waals surface area contributed by atoms with Crippen LogP contribution in [0.15, 0.2) is 6.07 Å². The van der Waals surface area contributed by atoms with E-state index in [2.05, 4.69) is 14.9 Å². The summed E-state index contributed by atoms with van der Waals surface area (Å²) in [4.78, 5) is 16.3. The average Bonchev–Trinajstić information content (AvgIpc) is 2.74. The van der Waals surface area contributed by atoms with Crippen LogP contribution in [0.1, 0.15) is 43.5 Å². The van der Waals surface area contributed by atoms with Gasteiger partial charge in [-0.05, 0) is 38.7 Å². The molecule has 4 heterocycles. The molecular formula is C16H21N5. The lowest BCUT2D eigenvalue weighted by atomic mass is 10.0. The maximum Gasteiger partial charge on any atom is 0.222 e. The minimum atomic E-state index is 0.374. The number of hydrogen-bond acceptors (Lipinski definition) is 5. The number of nitrogen functional groups attached to an aromatic ring is 1. The minimum Gasteiger partial charge on any atom is -0.368 e. The molecule has 0 radical (unpaired) electrons. The van der Waals surface area contributed by atoms with Crippen LogP contribution in [0.4, 0.5) is 11.8 Å². The Balaban J connectivity index is 1.98. The molecule has 4 rings (SSSR count). The van der Waals surface area contributed by atoms with Gasteiger partial charge in [-0.3, -0.25) is 4.98 Å². The summed E-state index contributed by atoms with van der Waals surface area (Å²) in [5.41, 5.74) is 9.08. The van der Waals surface area contributed by atoms with E-state index in [0.29, 0.717) is 12.0 Å². The summed E-state index contributed by atoms with van der Waals surface area (Å²) >= 11 is 0. The summed E-state index contributed by atoms with van der Waals surface area (Å²) in [6.45, 7) is 3.10. The van der Waals surface area contributed by atoms with Crippen molar-refractivity contribution in [2.45, 2.75) is 51.5 Å². The average molecular weight is 283 g/mol. The molecule has 0 saturated carbocycles. The molecular weight excluding hydrogens is 262 g/mol. The quantitative estimate of drug-likeness (QED) is 0.805. The first-order chi connectivity index (χ1) is 10.2. The fourth-order valence-electron chi connectivity index (χ4n) is 3.81. The summed E-state index contributed by atoms with van der Waals surface area (Å²) in [5, 5.41) is 1.12. The SMILES string of the molecule is Cc1cc2nc(N)nc3c2c(n1)CCC1CCCCCN31. The molecule has 0 aliphatic carbocycles. The third kappa shape index (κ3) is 2.11. The predicted octanol–water partition coefficient (Wildman–Crippen LogP) is 2.61. The molecule has 110 valence electrons. The van der Waals surface area contributed by atoms with E-state index in [1.165, 1.54) is 25.7 Å². The van der Waals surface area contributed by atoms with E-state index in [1.807, 2.05) is 13.0 Å². The van der Waals surface area contributed by atoms with Gasteiger partial charge in [0, 0.05) is 18.3 Å². The van der Waals surface area contributed by atoms with Gasteiger partial charge in [-0.15, -0.1) is 0 Å². The van der Waals surface area contributed by atoms with E-state index in [0.717, 1.165) is 47.5 Å². The van der Waals surface area contributed by atoms with Gasteiger partial charge in [-0.2, -0.15) is 4.98 Å². The molecule has 2 aliphatic rings. The second-order valence-corrected chi connectivity index (χ2v) is 6.25. The zero-order valence-electron chi connectivity index (χ0n) is 12.5. The molecule has 1 atom stereocenters. The van der Waals surface area contributed by atoms with Crippen LogP contribution in [0.3, 0.4) is 0 Å². The lowest BCUT2D eigenvalue weighted by Gasteiger charge is -2.30. The molecule has 2 aliphatic heterocycles. The van der Waals surface area contributed by atoms with Crippen LogP contribution in [0, 0.1) is 6.92 Å². The number of rotatable bonds is 0. The summed E-state index contributed by atoms with van der Waals surface area (Å²) in [6, 6.07) is 2.60. The number of fused-ring (bicyclic) bond motifs is 2.